The lowest BCUT2D eigenvalue weighted by molar-refractivity contribution is 0.215. The summed E-state index contributed by atoms with van der Waals surface area (Å²) < 4.78 is 4.54. The zero-order valence-corrected chi connectivity index (χ0v) is 18.1. The number of aromatic nitrogens is 4. The van der Waals surface area contributed by atoms with Crippen LogP contribution in [-0.2, 0) is 4.74 Å². The fourth-order valence-electron chi connectivity index (χ4n) is 3.13. The largest absolute Gasteiger partial charge is 0.385 e. The molecule has 1 aliphatic heterocycles. The minimum absolute atomic E-state index is 0.383. The molecule has 3 N–H and O–H groups in total. The number of ether oxygens (including phenoxy) is 1. The van der Waals surface area contributed by atoms with E-state index in [-0.39, 0.29) is 0 Å². The van der Waals surface area contributed by atoms with E-state index in [1.165, 1.54) is 18.5 Å². The lowest BCUT2D eigenvalue weighted by atomic mass is 10.1. The van der Waals surface area contributed by atoms with E-state index in [1.807, 2.05) is 13.0 Å². The van der Waals surface area contributed by atoms with Crippen LogP contribution in [0.2, 0.25) is 0 Å². The van der Waals surface area contributed by atoms with Gasteiger partial charge in [-0.2, -0.15) is 10.1 Å². The first-order chi connectivity index (χ1) is 13.6. The number of nitrogens with zero attached hydrogens (tertiary/aromatic N) is 4. The summed E-state index contributed by atoms with van der Waals surface area (Å²) in [5, 5.41) is 14.1. The van der Waals surface area contributed by atoms with Crippen LogP contribution in [0, 0.1) is 0 Å². The molecule has 0 amide bonds. The summed E-state index contributed by atoms with van der Waals surface area (Å²) >= 11 is 0. The number of hydrogen-bond donors (Lipinski definition) is 3. The van der Waals surface area contributed by atoms with Crippen molar-refractivity contribution in [3.8, 4) is 0 Å². The van der Waals surface area contributed by atoms with Gasteiger partial charge in [0.05, 0.1) is 0 Å². The standard InChI is InChI=1S/C16H24N7P.C3H8O/c1-23-7-5-11(13(24)9-23)18-16-17-6-4-14(20-16)19-15-8-12(21-22-15)10-2-3-10;1-3-4-2/h4,6,8,10-11,13H,2-3,5,7,9,24H2,1H3,(H3,17,18,19,20,21,22);3H2,1-2H3/t11-,13?;/m0./s1. The van der Waals surface area contributed by atoms with Crippen molar-refractivity contribution in [1.82, 2.24) is 25.1 Å². The van der Waals surface area contributed by atoms with E-state index < -0.39 is 0 Å². The van der Waals surface area contributed by atoms with Gasteiger partial charge in [-0.1, -0.05) is 0 Å². The SMILES string of the molecule is CCOC.CN1CC[C@H](Nc2nccc(Nc3cc(C4CC4)[nH]n3)n2)C(P)C1. The molecule has 9 heteroatoms. The third-order valence-electron chi connectivity index (χ3n) is 4.99. The summed E-state index contributed by atoms with van der Waals surface area (Å²) in [5.74, 6) is 2.90. The topological polar surface area (TPSA) is 91.0 Å². The predicted molar refractivity (Wildman–Crippen MR) is 116 cm³/mol. The molecular formula is C19H32N7OP. The van der Waals surface area contributed by atoms with Gasteiger partial charge in [-0.25, -0.2) is 4.98 Å². The molecular weight excluding hydrogens is 373 g/mol. The minimum Gasteiger partial charge on any atom is -0.385 e. The quantitative estimate of drug-likeness (QED) is 0.637. The number of hydrogen-bond acceptors (Lipinski definition) is 7. The lowest BCUT2D eigenvalue weighted by Gasteiger charge is -2.35. The number of H-pyrrole nitrogens is 1. The Morgan fingerprint density at radius 1 is 1.32 bits per heavy atom. The third kappa shape index (κ3) is 6.12. The summed E-state index contributed by atoms with van der Waals surface area (Å²) in [6, 6.07) is 4.32. The van der Waals surface area contributed by atoms with Gasteiger partial charge < -0.3 is 20.3 Å². The van der Waals surface area contributed by atoms with Crippen molar-refractivity contribution >= 4 is 26.8 Å². The summed E-state index contributed by atoms with van der Waals surface area (Å²) in [7, 11) is 6.78. The Bertz CT molecular complexity index is 735. The highest BCUT2D eigenvalue weighted by Crippen LogP contribution is 2.39. The Morgan fingerprint density at radius 3 is 2.79 bits per heavy atom. The highest BCUT2D eigenvalue weighted by molar-refractivity contribution is 7.17. The molecule has 2 aromatic heterocycles. The fraction of sp³-hybridized carbons (Fsp3) is 0.632. The predicted octanol–water partition coefficient (Wildman–Crippen LogP) is 2.83. The van der Waals surface area contributed by atoms with E-state index >= 15 is 0 Å². The molecule has 2 aromatic rings. The van der Waals surface area contributed by atoms with Crippen LogP contribution in [0.5, 0.6) is 0 Å². The molecule has 1 saturated carbocycles. The fourth-order valence-corrected chi connectivity index (χ4v) is 3.78. The first kappa shape index (κ1) is 21.0. The smallest absolute Gasteiger partial charge is 0.224 e. The molecule has 28 heavy (non-hydrogen) atoms. The highest BCUT2D eigenvalue weighted by atomic mass is 31.0. The van der Waals surface area contributed by atoms with E-state index in [0.29, 0.717) is 23.6 Å². The van der Waals surface area contributed by atoms with Crippen LogP contribution < -0.4 is 10.6 Å². The van der Waals surface area contributed by atoms with Gasteiger partial charge in [-0.05, 0) is 45.8 Å². The molecule has 3 atom stereocenters. The van der Waals surface area contributed by atoms with Crippen LogP contribution in [0.1, 0.15) is 37.8 Å². The van der Waals surface area contributed by atoms with Crippen molar-refractivity contribution in [2.24, 2.45) is 0 Å². The van der Waals surface area contributed by atoms with Crippen molar-refractivity contribution in [2.45, 2.75) is 43.8 Å². The Balaban J connectivity index is 0.000000516. The average molecular weight is 405 g/mol. The number of nitrogens with one attached hydrogen (secondary N) is 3. The van der Waals surface area contributed by atoms with Gasteiger partial charge in [0.1, 0.15) is 5.82 Å². The van der Waals surface area contributed by atoms with E-state index in [1.54, 1.807) is 13.3 Å². The average Bonchev–Trinajstić information content (AvgIpc) is 3.44. The van der Waals surface area contributed by atoms with E-state index in [9.17, 15) is 0 Å². The molecule has 1 saturated heterocycles. The monoisotopic (exact) mass is 405 g/mol. The number of anilines is 3. The molecule has 0 spiro atoms. The third-order valence-corrected chi connectivity index (χ3v) is 5.67. The number of likely N-dealkylation sites (tertiary alicyclic amines) is 1. The molecule has 8 nitrogen and oxygen atoms in total. The van der Waals surface area contributed by atoms with E-state index in [4.69, 9.17) is 0 Å². The van der Waals surface area contributed by atoms with Gasteiger partial charge in [-0.3, -0.25) is 5.10 Å². The number of methoxy groups -OCH3 is 1. The van der Waals surface area contributed by atoms with Crippen molar-refractivity contribution < 1.29 is 4.74 Å². The van der Waals surface area contributed by atoms with Gasteiger partial charge in [0, 0.05) is 55.8 Å². The number of rotatable bonds is 6. The van der Waals surface area contributed by atoms with Gasteiger partial charge in [-0.15, -0.1) is 9.24 Å². The van der Waals surface area contributed by atoms with Crippen LogP contribution >= 0.6 is 9.24 Å². The summed E-state index contributed by atoms with van der Waals surface area (Å²) in [4.78, 5) is 11.3. The second-order valence-electron chi connectivity index (χ2n) is 7.42. The Kier molecular flexibility index (Phi) is 7.59. The second-order valence-corrected chi connectivity index (χ2v) is 8.27. The van der Waals surface area contributed by atoms with Crippen LogP contribution in [0.25, 0.3) is 0 Å². The first-order valence-corrected chi connectivity index (χ1v) is 10.6. The zero-order valence-electron chi connectivity index (χ0n) is 17.0. The number of aromatic amines is 1. The molecule has 4 rings (SSSR count). The molecule has 3 heterocycles. The van der Waals surface area contributed by atoms with Gasteiger partial charge >= 0.3 is 0 Å². The maximum absolute atomic E-state index is 4.58. The minimum atomic E-state index is 0.383. The molecule has 0 bridgehead atoms. The van der Waals surface area contributed by atoms with Gasteiger partial charge in [0.15, 0.2) is 5.82 Å². The molecule has 0 radical (unpaired) electrons. The Morgan fingerprint density at radius 2 is 2.11 bits per heavy atom. The molecule has 1 aliphatic carbocycles. The van der Waals surface area contributed by atoms with Crippen molar-refractivity contribution in [3.05, 3.63) is 24.0 Å². The molecule has 2 aliphatic rings. The van der Waals surface area contributed by atoms with Crippen molar-refractivity contribution in [3.63, 3.8) is 0 Å². The number of piperidine rings is 1. The second kappa shape index (κ2) is 10.1. The summed E-state index contributed by atoms with van der Waals surface area (Å²) in [6.45, 7) is 4.94. The van der Waals surface area contributed by atoms with Crippen molar-refractivity contribution in [1.29, 1.82) is 0 Å². The van der Waals surface area contributed by atoms with Gasteiger partial charge in [0.25, 0.3) is 0 Å². The van der Waals surface area contributed by atoms with Gasteiger partial charge in [0.2, 0.25) is 5.95 Å². The zero-order chi connectivity index (χ0) is 19.9. The van der Waals surface area contributed by atoms with E-state index in [0.717, 1.165) is 37.8 Å². The summed E-state index contributed by atoms with van der Waals surface area (Å²) in [5.41, 5.74) is 1.71. The molecule has 0 aromatic carbocycles. The molecule has 154 valence electrons. The highest BCUT2D eigenvalue weighted by Gasteiger charge is 2.26. The van der Waals surface area contributed by atoms with E-state index in [2.05, 4.69) is 62.8 Å². The molecule has 2 fully saturated rings. The lowest BCUT2D eigenvalue weighted by Crippen LogP contribution is -2.45. The maximum atomic E-state index is 4.58. The van der Waals surface area contributed by atoms with Crippen LogP contribution in [0.15, 0.2) is 18.3 Å². The van der Waals surface area contributed by atoms with Crippen LogP contribution in [0.3, 0.4) is 0 Å². The van der Waals surface area contributed by atoms with Crippen molar-refractivity contribution in [2.75, 3.05) is 44.5 Å². The van der Waals surface area contributed by atoms with Crippen LogP contribution in [0.4, 0.5) is 17.6 Å². The Labute approximate surface area is 169 Å². The maximum Gasteiger partial charge on any atom is 0.224 e. The summed E-state index contributed by atoms with van der Waals surface area (Å²) in [6.07, 6.45) is 5.39. The normalized spacial score (nSPS) is 22.3. The first-order valence-electron chi connectivity index (χ1n) is 9.94. The Hall–Kier alpha value is -1.76. The molecule has 2 unspecified atom stereocenters. The van der Waals surface area contributed by atoms with Crippen LogP contribution in [-0.4, -0.2) is 70.6 Å².